The van der Waals surface area contributed by atoms with E-state index in [1.807, 2.05) is 86.8 Å². The Morgan fingerprint density at radius 2 is 1.59 bits per heavy atom. The lowest BCUT2D eigenvalue weighted by Gasteiger charge is -2.43. The molecule has 1 heterocycles. The number of rotatable bonds is 9. The molecule has 5 nitrogen and oxygen atoms in total. The van der Waals surface area contributed by atoms with Gasteiger partial charge in [-0.2, -0.15) is 0 Å². The number of nitrogens with zero attached hydrogens (tertiary/aromatic N) is 1. The molecule has 2 unspecified atom stereocenters. The molecule has 1 aliphatic rings. The van der Waals surface area contributed by atoms with E-state index in [-0.39, 0.29) is 11.5 Å². The summed E-state index contributed by atoms with van der Waals surface area (Å²) < 4.78 is 0. The maximum Gasteiger partial charge on any atom is 0.210 e. The number of Topliss-reactive ketones (excluding diaryl/α,β-unsaturated/α-hetero) is 1. The van der Waals surface area contributed by atoms with Gasteiger partial charge in [-0.25, -0.2) is 0 Å². The molecule has 0 saturated heterocycles. The highest BCUT2D eigenvalue weighted by molar-refractivity contribution is 6.14. The van der Waals surface area contributed by atoms with Crippen LogP contribution >= 0.6 is 0 Å². The van der Waals surface area contributed by atoms with Gasteiger partial charge >= 0.3 is 0 Å². The summed E-state index contributed by atoms with van der Waals surface area (Å²) in [6, 6.07) is 25.7. The molecule has 0 bridgehead atoms. The van der Waals surface area contributed by atoms with Crippen LogP contribution in [0, 0.1) is 6.92 Å². The topological polar surface area (TPSA) is 73.4 Å². The predicted molar refractivity (Wildman–Crippen MR) is 156 cm³/mol. The van der Waals surface area contributed by atoms with E-state index >= 15 is 0 Å². The average molecular weight is 521 g/mol. The van der Waals surface area contributed by atoms with Crippen LogP contribution in [-0.4, -0.2) is 34.2 Å². The van der Waals surface area contributed by atoms with Crippen molar-refractivity contribution in [3.8, 4) is 0 Å². The van der Waals surface area contributed by atoms with Crippen LogP contribution in [0.2, 0.25) is 0 Å². The standard InChI is InChI=1S/C34H36N2O3/c1-6-34(7-2,36(5)21-37)29-25-15-11-12-16-26(25)35-30(29)27(23-13-9-8-10-14-23)28-31(38)33(4,32(28)39)24-19-17-22(3)18-20-24/h8-21,27,35,38H,6-7H2,1-5H3. The minimum Gasteiger partial charge on any atom is -0.510 e. The third-order valence-corrected chi connectivity index (χ3v) is 8.97. The third-order valence-electron chi connectivity index (χ3n) is 8.97. The van der Waals surface area contributed by atoms with Gasteiger partial charge < -0.3 is 15.0 Å². The molecule has 1 aromatic heterocycles. The third kappa shape index (κ3) is 3.82. The number of hydrogen-bond donors (Lipinski definition) is 2. The molecule has 0 spiro atoms. The van der Waals surface area contributed by atoms with Crippen molar-refractivity contribution in [2.24, 2.45) is 0 Å². The van der Waals surface area contributed by atoms with E-state index in [0.717, 1.165) is 45.3 Å². The Morgan fingerprint density at radius 1 is 0.974 bits per heavy atom. The number of aryl methyl sites for hydroxylation is 1. The highest BCUT2D eigenvalue weighted by Crippen LogP contribution is 2.53. The van der Waals surface area contributed by atoms with Crippen molar-refractivity contribution >= 4 is 23.1 Å². The fourth-order valence-corrected chi connectivity index (χ4v) is 6.50. The van der Waals surface area contributed by atoms with Crippen LogP contribution in [0.15, 0.2) is 90.2 Å². The number of fused-ring (bicyclic) bond motifs is 1. The summed E-state index contributed by atoms with van der Waals surface area (Å²) in [5, 5.41) is 12.7. The number of ketones is 1. The maximum atomic E-state index is 14.2. The van der Waals surface area contributed by atoms with E-state index in [9.17, 15) is 14.7 Å². The number of aromatic amines is 1. The molecule has 0 aliphatic heterocycles. The molecule has 2 atom stereocenters. The van der Waals surface area contributed by atoms with Crippen LogP contribution in [0.25, 0.3) is 10.9 Å². The summed E-state index contributed by atoms with van der Waals surface area (Å²) in [4.78, 5) is 31.8. The highest BCUT2D eigenvalue weighted by Gasteiger charge is 2.55. The SMILES string of the molecule is CCC(CC)(c1c(C(C2=C(O)C(C)(c3ccc(C)cc3)C2=O)c2ccccc2)[nH]c2ccccc12)N(C)C=O. The average Bonchev–Trinajstić information content (AvgIpc) is 3.36. The van der Waals surface area contributed by atoms with Crippen molar-refractivity contribution in [2.45, 2.75) is 57.4 Å². The van der Waals surface area contributed by atoms with E-state index in [2.05, 4.69) is 24.9 Å². The van der Waals surface area contributed by atoms with E-state index in [1.165, 1.54) is 0 Å². The van der Waals surface area contributed by atoms with Crippen LogP contribution in [0.1, 0.15) is 67.5 Å². The molecule has 5 rings (SSSR count). The summed E-state index contributed by atoms with van der Waals surface area (Å²) in [6.45, 7) is 7.98. The first-order chi connectivity index (χ1) is 18.7. The number of allylic oxidation sites excluding steroid dienone is 2. The zero-order chi connectivity index (χ0) is 27.9. The number of para-hydroxylation sites is 1. The smallest absolute Gasteiger partial charge is 0.210 e. The number of hydrogen-bond acceptors (Lipinski definition) is 3. The van der Waals surface area contributed by atoms with Gasteiger partial charge in [0, 0.05) is 34.8 Å². The molecule has 1 amide bonds. The van der Waals surface area contributed by atoms with Crippen LogP contribution in [0.4, 0.5) is 0 Å². The summed E-state index contributed by atoms with van der Waals surface area (Å²) in [7, 11) is 1.82. The molecule has 0 saturated carbocycles. The fraction of sp³-hybridized carbons (Fsp3) is 0.294. The molecule has 4 aromatic rings. The molecule has 39 heavy (non-hydrogen) atoms. The molecule has 200 valence electrons. The first kappa shape index (κ1) is 26.5. The second-order valence-electron chi connectivity index (χ2n) is 10.8. The van der Waals surface area contributed by atoms with Crippen molar-refractivity contribution < 1.29 is 14.7 Å². The van der Waals surface area contributed by atoms with Crippen LogP contribution in [0.3, 0.4) is 0 Å². The van der Waals surface area contributed by atoms with Gasteiger partial charge in [0.25, 0.3) is 0 Å². The molecule has 2 N–H and O–H groups in total. The zero-order valence-electron chi connectivity index (χ0n) is 23.3. The number of aliphatic hydroxyl groups excluding tert-OH is 1. The van der Waals surface area contributed by atoms with Crippen LogP contribution < -0.4 is 0 Å². The summed E-state index contributed by atoms with van der Waals surface area (Å²) in [5.74, 6) is -0.529. The summed E-state index contributed by atoms with van der Waals surface area (Å²) in [6.07, 6.45) is 2.26. The molecule has 0 radical (unpaired) electrons. The van der Waals surface area contributed by atoms with Gasteiger partial charge in [-0.3, -0.25) is 9.59 Å². The normalized spacial score (nSPS) is 18.2. The molecule has 3 aromatic carbocycles. The summed E-state index contributed by atoms with van der Waals surface area (Å²) >= 11 is 0. The number of carbonyl (C=O) groups is 2. The Hall–Kier alpha value is -4.12. The first-order valence-corrected chi connectivity index (χ1v) is 13.6. The largest absolute Gasteiger partial charge is 0.510 e. The van der Waals surface area contributed by atoms with Crippen LogP contribution in [-0.2, 0) is 20.5 Å². The van der Waals surface area contributed by atoms with E-state index in [0.29, 0.717) is 18.4 Å². The minimum atomic E-state index is -1.10. The second kappa shape index (κ2) is 9.88. The maximum absolute atomic E-state index is 14.2. The highest BCUT2D eigenvalue weighted by atomic mass is 16.3. The molecular formula is C34H36N2O3. The number of H-pyrrole nitrogens is 1. The van der Waals surface area contributed by atoms with Crippen molar-refractivity contribution in [3.63, 3.8) is 0 Å². The Balaban J connectivity index is 1.82. The number of nitrogens with one attached hydrogen (secondary N) is 1. The second-order valence-corrected chi connectivity index (χ2v) is 10.8. The monoisotopic (exact) mass is 520 g/mol. The lowest BCUT2D eigenvalue weighted by atomic mass is 9.60. The van der Waals surface area contributed by atoms with Crippen molar-refractivity contribution in [2.75, 3.05) is 7.05 Å². The number of amides is 1. The lowest BCUT2D eigenvalue weighted by molar-refractivity contribution is -0.124. The Labute approximate surface area is 230 Å². The van der Waals surface area contributed by atoms with Gasteiger partial charge in [-0.15, -0.1) is 0 Å². The Morgan fingerprint density at radius 3 is 2.18 bits per heavy atom. The van der Waals surface area contributed by atoms with Crippen LogP contribution in [0.5, 0.6) is 0 Å². The van der Waals surface area contributed by atoms with Crippen molar-refractivity contribution in [1.29, 1.82) is 0 Å². The van der Waals surface area contributed by atoms with E-state index < -0.39 is 16.9 Å². The van der Waals surface area contributed by atoms with Gasteiger partial charge in [0.1, 0.15) is 11.2 Å². The number of aromatic nitrogens is 1. The van der Waals surface area contributed by atoms with Gasteiger partial charge in [-0.05, 0) is 43.9 Å². The van der Waals surface area contributed by atoms with E-state index in [1.54, 1.807) is 11.8 Å². The number of benzene rings is 3. The predicted octanol–water partition coefficient (Wildman–Crippen LogP) is 7.06. The van der Waals surface area contributed by atoms with E-state index in [4.69, 9.17) is 0 Å². The molecule has 0 fully saturated rings. The first-order valence-electron chi connectivity index (χ1n) is 13.6. The fourth-order valence-electron chi connectivity index (χ4n) is 6.50. The van der Waals surface area contributed by atoms with Gasteiger partial charge in [0.15, 0.2) is 5.78 Å². The van der Waals surface area contributed by atoms with Crippen molar-refractivity contribution in [3.05, 3.63) is 118 Å². The van der Waals surface area contributed by atoms with Gasteiger partial charge in [0.05, 0.1) is 11.5 Å². The summed E-state index contributed by atoms with van der Waals surface area (Å²) in [5.41, 5.74) is 4.22. The number of aliphatic hydroxyl groups is 1. The Bertz CT molecular complexity index is 1560. The van der Waals surface area contributed by atoms with Crippen molar-refractivity contribution in [1.82, 2.24) is 9.88 Å². The quantitative estimate of drug-likeness (QED) is 0.232. The minimum absolute atomic E-state index is 0.0929. The number of carbonyl (C=O) groups excluding carboxylic acids is 2. The van der Waals surface area contributed by atoms with Gasteiger partial charge in [-0.1, -0.05) is 92.2 Å². The van der Waals surface area contributed by atoms with Gasteiger partial charge in [0.2, 0.25) is 6.41 Å². The molecule has 1 aliphatic carbocycles. The molecule has 5 heteroatoms. The lowest BCUT2D eigenvalue weighted by Crippen LogP contribution is -2.48. The zero-order valence-corrected chi connectivity index (χ0v) is 23.3. The molecular weight excluding hydrogens is 484 g/mol. The Kier molecular flexibility index (Phi) is 6.71.